The van der Waals surface area contributed by atoms with Crippen molar-refractivity contribution < 1.29 is 24.0 Å². The largest absolute Gasteiger partial charge is 0.371 e. The molecule has 1 unspecified atom stereocenters. The Morgan fingerprint density at radius 2 is 1.65 bits per heavy atom. The van der Waals surface area contributed by atoms with Crippen LogP contribution in [-0.2, 0) is 20.9 Å². The summed E-state index contributed by atoms with van der Waals surface area (Å²) in [6, 6.07) is 14.8. The lowest BCUT2D eigenvalue weighted by Crippen LogP contribution is -2.59. The molecule has 0 aliphatic carbocycles. The summed E-state index contributed by atoms with van der Waals surface area (Å²) in [6.07, 6.45) is 4.16. The summed E-state index contributed by atoms with van der Waals surface area (Å²) in [5.41, 5.74) is 7.69. The number of carbonyl (C=O) groups is 5. The molecule has 2 aromatic carbocycles. The number of rotatable bonds is 9. The smallest absolute Gasteiger partial charge is 0.262 e. The van der Waals surface area contributed by atoms with Crippen LogP contribution in [0, 0.1) is 5.92 Å². The number of amides is 5. The van der Waals surface area contributed by atoms with Crippen LogP contribution < -0.4 is 25.3 Å². The Kier molecular flexibility index (Phi) is 10.5. The standard InChI is InChI=1S/C47H52N14O5/c1-27-41(28(2)61-47(55(27)3)52-53-54-61)44(64)50-32-5-4-31-23-49-42(36(31)21-32)30-10-13-48-39(20-30)58-18-16-56(17-19-58)24-29-25-59(26-29)33-11-14-57(15-12-33)34-6-7-35-37(22-34)46(66)60(45(35)65)38-8-9-40(62)51-43(38)63/h4-7,10,13,20-22,28-29,33,38H,8-9,11-12,14-19,23-26H2,1-3H3,(H,50,64)(H,51,62,63)/t28-,38?/m1/s1. The number of likely N-dealkylation sites (tertiary alicyclic amines) is 1. The van der Waals surface area contributed by atoms with E-state index in [0.717, 1.165) is 116 Å². The normalized spacial score (nSPS) is 22.9. The lowest BCUT2D eigenvalue weighted by Gasteiger charge is -2.49. The summed E-state index contributed by atoms with van der Waals surface area (Å²) in [5, 5.41) is 17.4. The van der Waals surface area contributed by atoms with E-state index in [1.54, 1.807) is 16.8 Å². The number of aliphatic imine (C=N–C) groups is 1. The van der Waals surface area contributed by atoms with Crippen LogP contribution in [0.5, 0.6) is 0 Å². The van der Waals surface area contributed by atoms with E-state index < -0.39 is 23.8 Å². The van der Waals surface area contributed by atoms with Crippen molar-refractivity contribution in [3.63, 3.8) is 0 Å². The monoisotopic (exact) mass is 892 g/mol. The fourth-order valence-corrected chi connectivity index (χ4v) is 10.9. The number of hydrogen-bond donors (Lipinski definition) is 2. The van der Waals surface area contributed by atoms with Gasteiger partial charge in [0.05, 0.1) is 35.0 Å². The summed E-state index contributed by atoms with van der Waals surface area (Å²) in [6.45, 7) is 13.2. The van der Waals surface area contributed by atoms with Crippen molar-refractivity contribution in [3.8, 4) is 0 Å². The number of nitrogens with one attached hydrogen (secondary N) is 2. The number of carbonyl (C=O) groups excluding carboxylic acids is 5. The third-order valence-electron chi connectivity index (χ3n) is 14.7. The maximum absolute atomic E-state index is 13.7. The van der Waals surface area contributed by atoms with Crippen LogP contribution >= 0.6 is 0 Å². The Balaban J connectivity index is 0.646. The zero-order valence-corrected chi connectivity index (χ0v) is 37.3. The molecule has 66 heavy (non-hydrogen) atoms. The summed E-state index contributed by atoms with van der Waals surface area (Å²) in [5.74, 6) is 0.0616. The molecule has 7 aliphatic heterocycles. The van der Waals surface area contributed by atoms with Gasteiger partial charge in [-0.3, -0.25) is 49.0 Å². The van der Waals surface area contributed by atoms with Crippen LogP contribution in [0.15, 0.2) is 71.0 Å². The average Bonchev–Trinajstić information content (AvgIpc) is 4.04. The number of benzene rings is 2. The van der Waals surface area contributed by atoms with Crippen LogP contribution in [0.1, 0.15) is 83.0 Å². The number of tetrazole rings is 1. The van der Waals surface area contributed by atoms with Crippen molar-refractivity contribution in [1.82, 2.24) is 45.2 Å². The number of pyridine rings is 1. The third-order valence-corrected chi connectivity index (χ3v) is 14.7. The number of imide groups is 2. The molecule has 9 heterocycles. The molecule has 11 rings (SSSR count). The summed E-state index contributed by atoms with van der Waals surface area (Å²) >= 11 is 0. The second-order valence-corrected chi connectivity index (χ2v) is 18.6. The van der Waals surface area contributed by atoms with Crippen LogP contribution in [0.25, 0.3) is 0 Å². The number of hydrogen-bond acceptors (Lipinski definition) is 15. The van der Waals surface area contributed by atoms with Gasteiger partial charge in [0.25, 0.3) is 17.7 Å². The van der Waals surface area contributed by atoms with Crippen molar-refractivity contribution in [2.24, 2.45) is 10.9 Å². The van der Waals surface area contributed by atoms with Crippen LogP contribution in [0.3, 0.4) is 0 Å². The number of piperazine rings is 1. The van der Waals surface area contributed by atoms with Gasteiger partial charge < -0.3 is 20.0 Å². The second kappa shape index (κ2) is 16.5. The first-order chi connectivity index (χ1) is 32.0. The number of fused-ring (bicyclic) bond motifs is 3. The van der Waals surface area contributed by atoms with Gasteiger partial charge in [-0.25, -0.2) is 9.67 Å². The van der Waals surface area contributed by atoms with E-state index in [1.165, 1.54) is 0 Å². The van der Waals surface area contributed by atoms with Gasteiger partial charge in [-0.2, -0.15) is 0 Å². The molecular formula is C47H52N14O5. The number of allylic oxidation sites excluding steroid dienone is 1. The highest BCUT2D eigenvalue weighted by Crippen LogP contribution is 2.36. The zero-order chi connectivity index (χ0) is 45.4. The lowest BCUT2D eigenvalue weighted by atomic mass is 9.92. The molecule has 5 amide bonds. The first-order valence-corrected chi connectivity index (χ1v) is 23.0. The highest BCUT2D eigenvalue weighted by atomic mass is 16.2. The van der Waals surface area contributed by atoms with Gasteiger partial charge in [0, 0.05) is 113 Å². The van der Waals surface area contributed by atoms with E-state index in [0.29, 0.717) is 46.8 Å². The van der Waals surface area contributed by atoms with Crippen molar-refractivity contribution in [1.29, 1.82) is 0 Å². The predicted molar refractivity (Wildman–Crippen MR) is 244 cm³/mol. The molecule has 19 heteroatoms. The molecule has 0 radical (unpaired) electrons. The number of piperidine rings is 2. The SMILES string of the molecule is CC1=C(C(=O)Nc2ccc3c(c2)C(c2ccnc(N4CCN(CC5CN(C6CCN(c7ccc8c(c7)C(=O)N(C7CCC(=O)NC7=O)C8=O)CC6)C5)CC4)c2)=NC3)[C@@H](C)n2nnnc2N1C. The molecule has 2 N–H and O–H groups in total. The fourth-order valence-electron chi connectivity index (χ4n) is 10.9. The molecule has 4 fully saturated rings. The summed E-state index contributed by atoms with van der Waals surface area (Å²) < 4.78 is 1.66. The van der Waals surface area contributed by atoms with E-state index in [2.05, 4.69) is 51.8 Å². The molecule has 0 spiro atoms. The number of anilines is 4. The maximum Gasteiger partial charge on any atom is 0.262 e. The Bertz CT molecular complexity index is 2740. The second-order valence-electron chi connectivity index (χ2n) is 18.6. The van der Waals surface area contributed by atoms with Crippen LogP contribution in [-0.4, -0.2) is 153 Å². The van der Waals surface area contributed by atoms with Gasteiger partial charge in [0.15, 0.2) is 0 Å². The molecule has 4 saturated heterocycles. The summed E-state index contributed by atoms with van der Waals surface area (Å²) in [7, 11) is 1.86. The molecule has 19 nitrogen and oxygen atoms in total. The lowest BCUT2D eigenvalue weighted by molar-refractivity contribution is -0.136. The Hall–Kier alpha value is -6.86. The van der Waals surface area contributed by atoms with E-state index in [4.69, 9.17) is 9.98 Å². The van der Waals surface area contributed by atoms with E-state index in [1.807, 2.05) is 62.3 Å². The maximum atomic E-state index is 13.7. The average molecular weight is 893 g/mol. The highest BCUT2D eigenvalue weighted by Gasteiger charge is 2.45. The third kappa shape index (κ3) is 7.29. The van der Waals surface area contributed by atoms with Gasteiger partial charge in [-0.15, -0.1) is 0 Å². The Labute approximate surface area is 381 Å². The molecular weight excluding hydrogens is 841 g/mol. The molecule has 0 saturated carbocycles. The topological polar surface area (TPSA) is 198 Å². The van der Waals surface area contributed by atoms with Crippen LogP contribution in [0.2, 0.25) is 0 Å². The highest BCUT2D eigenvalue weighted by molar-refractivity contribution is 6.24. The number of nitrogens with zero attached hydrogens (tertiary/aromatic N) is 12. The fraction of sp³-hybridized carbons (Fsp3) is 0.447. The minimum Gasteiger partial charge on any atom is -0.371 e. The molecule has 0 bridgehead atoms. The van der Waals surface area contributed by atoms with Crippen LogP contribution in [0.4, 0.5) is 23.1 Å². The summed E-state index contributed by atoms with van der Waals surface area (Å²) in [4.78, 5) is 86.9. The van der Waals surface area contributed by atoms with Gasteiger partial charge in [-0.1, -0.05) is 11.2 Å². The number of aromatic nitrogens is 5. The Morgan fingerprint density at radius 1 is 0.864 bits per heavy atom. The molecule has 340 valence electrons. The molecule has 7 aliphatic rings. The van der Waals surface area contributed by atoms with Gasteiger partial charge in [-0.05, 0) is 97.5 Å². The predicted octanol–water partition coefficient (Wildman–Crippen LogP) is 2.47. The van der Waals surface area contributed by atoms with Crippen molar-refractivity contribution in [2.75, 3.05) is 86.0 Å². The van der Waals surface area contributed by atoms with E-state index >= 15 is 0 Å². The Morgan fingerprint density at radius 3 is 2.44 bits per heavy atom. The van der Waals surface area contributed by atoms with Crippen molar-refractivity contribution in [3.05, 3.63) is 93.8 Å². The van der Waals surface area contributed by atoms with Gasteiger partial charge in [0.1, 0.15) is 11.9 Å². The van der Waals surface area contributed by atoms with Crippen molar-refractivity contribution in [2.45, 2.75) is 64.2 Å². The molecule has 2 atom stereocenters. The first-order valence-electron chi connectivity index (χ1n) is 23.0. The van der Waals surface area contributed by atoms with E-state index in [9.17, 15) is 24.0 Å². The van der Waals surface area contributed by atoms with Crippen molar-refractivity contribution >= 4 is 58.4 Å². The van der Waals surface area contributed by atoms with E-state index in [-0.39, 0.29) is 30.7 Å². The van der Waals surface area contributed by atoms with Gasteiger partial charge in [0.2, 0.25) is 17.8 Å². The molecule has 4 aromatic rings. The minimum absolute atomic E-state index is 0.0973. The quantitative estimate of drug-likeness (QED) is 0.233. The van der Waals surface area contributed by atoms with Gasteiger partial charge >= 0.3 is 0 Å². The minimum atomic E-state index is -0.967. The zero-order valence-electron chi connectivity index (χ0n) is 37.3. The first kappa shape index (κ1) is 41.8. The molecule has 2 aromatic heterocycles.